The average molecular weight is 370 g/mol. The van der Waals surface area contributed by atoms with Crippen molar-refractivity contribution in [3.63, 3.8) is 0 Å². The van der Waals surface area contributed by atoms with Crippen LogP contribution in [0.3, 0.4) is 0 Å². The molecule has 1 N–H and O–H groups in total. The number of hydrogen-bond acceptors (Lipinski definition) is 4. The zero-order chi connectivity index (χ0) is 19.7. The summed E-state index contributed by atoms with van der Waals surface area (Å²) >= 11 is 0. The fourth-order valence-electron chi connectivity index (χ4n) is 5.25. The van der Waals surface area contributed by atoms with Crippen molar-refractivity contribution in [3.8, 4) is 0 Å². The van der Waals surface area contributed by atoms with Crippen LogP contribution in [0.4, 0.5) is 0 Å². The van der Waals surface area contributed by atoms with E-state index in [1.54, 1.807) is 13.1 Å². The Kier molecular flexibility index (Phi) is 3.68. The van der Waals surface area contributed by atoms with Crippen LogP contribution in [0.2, 0.25) is 0 Å². The Labute approximate surface area is 157 Å². The highest BCUT2D eigenvalue weighted by Gasteiger charge is 2.61. The minimum Gasteiger partial charge on any atom is -0.349 e. The largest absolute Gasteiger partial charge is 0.349 e. The molecule has 7 heteroatoms. The number of hydrogen-bond donors (Lipinski definition) is 1. The van der Waals surface area contributed by atoms with Crippen LogP contribution >= 0.6 is 0 Å². The van der Waals surface area contributed by atoms with Gasteiger partial charge >= 0.3 is 5.69 Å². The smallest absolute Gasteiger partial charge is 0.332 e. The molecule has 7 nitrogen and oxygen atoms in total. The molecule has 3 atom stereocenters. The van der Waals surface area contributed by atoms with E-state index in [0.717, 1.165) is 17.4 Å². The van der Waals surface area contributed by atoms with Crippen LogP contribution < -0.4 is 16.6 Å². The third-order valence-electron chi connectivity index (χ3n) is 7.65. The second-order valence-electron chi connectivity index (χ2n) is 8.94. The van der Waals surface area contributed by atoms with E-state index in [4.69, 9.17) is 0 Å². The van der Waals surface area contributed by atoms with Gasteiger partial charge < -0.3 is 5.32 Å². The average Bonchev–Trinajstić information content (AvgIpc) is 2.97. The maximum absolute atomic E-state index is 12.9. The summed E-state index contributed by atoms with van der Waals surface area (Å²) in [5.74, 6) is 0.416. The van der Waals surface area contributed by atoms with Crippen LogP contribution in [0, 0.1) is 16.7 Å². The second-order valence-corrected chi connectivity index (χ2v) is 8.94. The second kappa shape index (κ2) is 5.53. The molecule has 144 valence electrons. The molecule has 2 aromatic heterocycles. The van der Waals surface area contributed by atoms with Crippen LogP contribution in [0.25, 0.3) is 11.0 Å². The number of nitrogens with zero attached hydrogens (tertiary/aromatic N) is 3. The summed E-state index contributed by atoms with van der Waals surface area (Å²) in [5, 5.41) is 3.46. The summed E-state index contributed by atoms with van der Waals surface area (Å²) in [4.78, 5) is 41.6. The molecule has 4 rings (SSSR count). The molecule has 2 heterocycles. The minimum atomic E-state index is -0.441. The van der Waals surface area contributed by atoms with Crippen LogP contribution in [-0.2, 0) is 14.1 Å². The Bertz CT molecular complexity index is 1080. The number of amides is 1. The van der Waals surface area contributed by atoms with Gasteiger partial charge in [-0.2, -0.15) is 0 Å². The van der Waals surface area contributed by atoms with Gasteiger partial charge in [-0.05, 0) is 42.1 Å². The lowest BCUT2D eigenvalue weighted by molar-refractivity contribution is 0.0826. The van der Waals surface area contributed by atoms with Gasteiger partial charge in [0.15, 0.2) is 0 Å². The molecule has 0 aromatic carbocycles. The Hall–Kier alpha value is -2.44. The quantitative estimate of drug-likeness (QED) is 0.870. The lowest BCUT2D eigenvalue weighted by Crippen LogP contribution is -2.47. The van der Waals surface area contributed by atoms with Crippen LogP contribution in [0.1, 0.15) is 50.4 Å². The minimum absolute atomic E-state index is 0.0810. The molecule has 2 aliphatic rings. The lowest BCUT2D eigenvalue weighted by Gasteiger charge is -2.39. The lowest BCUT2D eigenvalue weighted by atomic mass is 9.69. The Morgan fingerprint density at radius 1 is 1.22 bits per heavy atom. The summed E-state index contributed by atoms with van der Waals surface area (Å²) in [5.41, 5.74) is 0.0473. The van der Waals surface area contributed by atoms with E-state index in [0.29, 0.717) is 11.5 Å². The number of pyridine rings is 1. The first-order valence-electron chi connectivity index (χ1n) is 9.44. The van der Waals surface area contributed by atoms with E-state index in [1.807, 2.05) is 0 Å². The van der Waals surface area contributed by atoms with Crippen LogP contribution in [0.15, 0.2) is 21.9 Å². The molecule has 2 aliphatic carbocycles. The molecule has 27 heavy (non-hydrogen) atoms. The summed E-state index contributed by atoms with van der Waals surface area (Å²) in [6, 6.07) is 1.66. The molecular weight excluding hydrogens is 344 g/mol. The standard InChI is InChI=1S/C20H26N4O3/c1-19(2)12-6-7-20(19,3)14(9-12)22-16(25)11-8-13-15(21-10-11)23(4)18(27)24(5)17(13)26/h8,10,12,14H,6-7,9H2,1-5H3,(H,22,25)/t12-,14-,20-/m1/s1. The maximum Gasteiger partial charge on any atom is 0.332 e. The predicted octanol–water partition coefficient (Wildman–Crippen LogP) is 1.58. The molecule has 0 aliphatic heterocycles. The number of carbonyl (C=O) groups is 1. The fourth-order valence-corrected chi connectivity index (χ4v) is 5.25. The van der Waals surface area contributed by atoms with Crippen molar-refractivity contribution in [2.45, 2.75) is 46.1 Å². The van der Waals surface area contributed by atoms with Crippen LogP contribution in [-0.4, -0.2) is 26.1 Å². The number of aromatic nitrogens is 3. The first-order valence-corrected chi connectivity index (χ1v) is 9.44. The molecule has 0 radical (unpaired) electrons. The number of fused-ring (bicyclic) bond motifs is 3. The van der Waals surface area contributed by atoms with E-state index in [2.05, 4.69) is 31.1 Å². The topological polar surface area (TPSA) is 86.0 Å². The fraction of sp³-hybridized carbons (Fsp3) is 0.600. The maximum atomic E-state index is 12.9. The van der Waals surface area contributed by atoms with E-state index in [9.17, 15) is 14.4 Å². The third-order valence-corrected chi connectivity index (χ3v) is 7.65. The highest BCUT2D eigenvalue weighted by molar-refractivity contribution is 5.97. The van der Waals surface area contributed by atoms with E-state index in [-0.39, 0.29) is 33.8 Å². The van der Waals surface area contributed by atoms with Gasteiger partial charge in [0.25, 0.3) is 11.5 Å². The molecule has 2 fully saturated rings. The zero-order valence-electron chi connectivity index (χ0n) is 16.5. The third kappa shape index (κ3) is 2.26. The Morgan fingerprint density at radius 3 is 2.52 bits per heavy atom. The molecule has 1 amide bonds. The monoisotopic (exact) mass is 370 g/mol. The molecular formula is C20H26N4O3. The van der Waals surface area contributed by atoms with Gasteiger partial charge in [-0.3, -0.25) is 18.7 Å². The zero-order valence-corrected chi connectivity index (χ0v) is 16.5. The summed E-state index contributed by atoms with van der Waals surface area (Å²) < 4.78 is 2.35. The van der Waals surface area contributed by atoms with Crippen molar-refractivity contribution in [1.82, 2.24) is 19.4 Å². The Balaban J connectivity index is 1.69. The van der Waals surface area contributed by atoms with Gasteiger partial charge in [0.2, 0.25) is 0 Å². The number of aryl methyl sites for hydroxylation is 1. The van der Waals surface area contributed by atoms with Gasteiger partial charge in [-0.25, -0.2) is 9.78 Å². The van der Waals surface area contributed by atoms with Crippen LogP contribution in [0.5, 0.6) is 0 Å². The van der Waals surface area contributed by atoms with Crippen molar-refractivity contribution in [3.05, 3.63) is 38.7 Å². The van der Waals surface area contributed by atoms with Crippen molar-refractivity contribution in [2.75, 3.05) is 0 Å². The van der Waals surface area contributed by atoms with Crippen molar-refractivity contribution in [1.29, 1.82) is 0 Å². The molecule has 2 bridgehead atoms. The van der Waals surface area contributed by atoms with Gasteiger partial charge in [0, 0.05) is 26.3 Å². The van der Waals surface area contributed by atoms with Crippen molar-refractivity contribution >= 4 is 16.9 Å². The molecule has 2 aromatic rings. The van der Waals surface area contributed by atoms with E-state index >= 15 is 0 Å². The SMILES string of the molecule is Cn1c(=O)c2cc(C(=O)N[C@@H]3C[C@H]4CC[C@@]3(C)C4(C)C)cnc2n(C)c1=O. The van der Waals surface area contributed by atoms with Gasteiger partial charge in [-0.1, -0.05) is 20.8 Å². The number of carbonyl (C=O) groups excluding carboxylic acids is 1. The van der Waals surface area contributed by atoms with Crippen molar-refractivity contribution < 1.29 is 4.79 Å². The van der Waals surface area contributed by atoms with Crippen molar-refractivity contribution in [2.24, 2.45) is 30.8 Å². The number of rotatable bonds is 2. The number of nitrogens with one attached hydrogen (secondary N) is 1. The molecule has 0 saturated heterocycles. The highest BCUT2D eigenvalue weighted by atomic mass is 16.2. The van der Waals surface area contributed by atoms with E-state index < -0.39 is 11.2 Å². The molecule has 0 spiro atoms. The predicted molar refractivity (Wildman–Crippen MR) is 103 cm³/mol. The Morgan fingerprint density at radius 2 is 1.93 bits per heavy atom. The molecule has 2 saturated carbocycles. The van der Waals surface area contributed by atoms with Gasteiger partial charge in [-0.15, -0.1) is 0 Å². The van der Waals surface area contributed by atoms with E-state index in [1.165, 1.54) is 24.2 Å². The van der Waals surface area contributed by atoms with Gasteiger partial charge in [0.05, 0.1) is 10.9 Å². The summed E-state index contributed by atoms with van der Waals surface area (Å²) in [6.07, 6.45) is 4.77. The highest BCUT2D eigenvalue weighted by Crippen LogP contribution is 2.65. The first-order chi connectivity index (χ1) is 12.6. The molecule has 0 unspecified atom stereocenters. The summed E-state index contributed by atoms with van der Waals surface area (Å²) in [7, 11) is 2.99. The normalized spacial score (nSPS) is 28.6. The van der Waals surface area contributed by atoms with Gasteiger partial charge in [0.1, 0.15) is 5.65 Å². The summed E-state index contributed by atoms with van der Waals surface area (Å²) in [6.45, 7) is 6.88. The first kappa shape index (κ1) is 17.9.